The fourth-order valence-corrected chi connectivity index (χ4v) is 2.25. The molecule has 18 heavy (non-hydrogen) atoms. The predicted molar refractivity (Wildman–Crippen MR) is 72.7 cm³/mol. The molecule has 1 aromatic rings. The summed E-state index contributed by atoms with van der Waals surface area (Å²) >= 11 is 1.66. The van der Waals surface area contributed by atoms with Crippen molar-refractivity contribution in [3.05, 3.63) is 12.2 Å². The number of aromatic nitrogens is 4. The van der Waals surface area contributed by atoms with Crippen LogP contribution in [-0.2, 0) is 11.3 Å². The van der Waals surface area contributed by atoms with E-state index in [4.69, 9.17) is 4.74 Å². The van der Waals surface area contributed by atoms with E-state index in [1.807, 2.05) is 11.6 Å². The van der Waals surface area contributed by atoms with Gasteiger partial charge in [-0.15, -0.1) is 11.7 Å². The molecule has 0 aromatic carbocycles. The van der Waals surface area contributed by atoms with Crippen LogP contribution < -0.4 is 5.32 Å². The molecule has 7 heteroatoms. The molecular weight excluding hydrogens is 250 g/mol. The molecular formula is C11H21N5OS. The molecule has 0 radical (unpaired) electrons. The zero-order valence-electron chi connectivity index (χ0n) is 11.1. The standard InChI is InChI=1S/C11H21N5OS/c1-10(2)4-9-18-11-13-14-15-16(11)7-5-12-6-8-17-3/h12H,1,4-9H2,2-3H3. The molecule has 1 heterocycles. The third-order valence-corrected chi connectivity index (χ3v) is 3.20. The van der Waals surface area contributed by atoms with Gasteiger partial charge in [-0.25, -0.2) is 4.68 Å². The predicted octanol–water partition coefficient (Wildman–Crippen LogP) is 0.967. The molecule has 0 spiro atoms. The highest BCUT2D eigenvalue weighted by atomic mass is 32.2. The Morgan fingerprint density at radius 2 is 2.33 bits per heavy atom. The van der Waals surface area contributed by atoms with Gasteiger partial charge in [-0.3, -0.25) is 0 Å². The Morgan fingerprint density at radius 3 is 3.06 bits per heavy atom. The van der Waals surface area contributed by atoms with Crippen molar-refractivity contribution in [1.82, 2.24) is 25.5 Å². The van der Waals surface area contributed by atoms with Gasteiger partial charge in [0.1, 0.15) is 0 Å². The van der Waals surface area contributed by atoms with E-state index in [0.717, 1.165) is 43.6 Å². The molecule has 0 aliphatic heterocycles. The largest absolute Gasteiger partial charge is 0.383 e. The Hall–Kier alpha value is -0.920. The Bertz CT molecular complexity index is 355. The first-order valence-electron chi connectivity index (χ1n) is 5.97. The normalized spacial score (nSPS) is 10.8. The number of hydrogen-bond acceptors (Lipinski definition) is 6. The van der Waals surface area contributed by atoms with Crippen LogP contribution in [-0.4, -0.2) is 52.8 Å². The van der Waals surface area contributed by atoms with E-state index >= 15 is 0 Å². The van der Waals surface area contributed by atoms with Crippen molar-refractivity contribution in [2.24, 2.45) is 0 Å². The number of rotatable bonds is 10. The summed E-state index contributed by atoms with van der Waals surface area (Å²) in [5.41, 5.74) is 1.18. The van der Waals surface area contributed by atoms with Crippen LogP contribution in [0.4, 0.5) is 0 Å². The first-order chi connectivity index (χ1) is 8.74. The van der Waals surface area contributed by atoms with E-state index in [9.17, 15) is 0 Å². The molecule has 0 fully saturated rings. The highest BCUT2D eigenvalue weighted by Crippen LogP contribution is 2.16. The molecule has 0 bridgehead atoms. The molecule has 1 N–H and O–H groups in total. The van der Waals surface area contributed by atoms with Gasteiger partial charge in [-0.1, -0.05) is 17.3 Å². The van der Waals surface area contributed by atoms with Crippen molar-refractivity contribution < 1.29 is 4.74 Å². The van der Waals surface area contributed by atoms with Crippen molar-refractivity contribution in [2.75, 3.05) is 32.6 Å². The van der Waals surface area contributed by atoms with Gasteiger partial charge in [0.15, 0.2) is 0 Å². The highest BCUT2D eigenvalue weighted by molar-refractivity contribution is 7.99. The average molecular weight is 271 g/mol. The van der Waals surface area contributed by atoms with Crippen LogP contribution in [0.3, 0.4) is 0 Å². The fourth-order valence-electron chi connectivity index (χ4n) is 1.24. The van der Waals surface area contributed by atoms with Gasteiger partial charge in [0.25, 0.3) is 0 Å². The first-order valence-corrected chi connectivity index (χ1v) is 6.95. The van der Waals surface area contributed by atoms with Gasteiger partial charge >= 0.3 is 0 Å². The third-order valence-electron chi connectivity index (χ3n) is 2.24. The van der Waals surface area contributed by atoms with Gasteiger partial charge in [0.05, 0.1) is 13.2 Å². The second kappa shape index (κ2) is 9.07. The zero-order valence-corrected chi connectivity index (χ0v) is 11.9. The van der Waals surface area contributed by atoms with E-state index in [1.54, 1.807) is 18.9 Å². The van der Waals surface area contributed by atoms with Crippen LogP contribution in [0, 0.1) is 0 Å². The van der Waals surface area contributed by atoms with Crippen LogP contribution in [0.1, 0.15) is 13.3 Å². The lowest BCUT2D eigenvalue weighted by Crippen LogP contribution is -2.24. The summed E-state index contributed by atoms with van der Waals surface area (Å²) in [7, 11) is 1.69. The zero-order chi connectivity index (χ0) is 13.2. The monoisotopic (exact) mass is 271 g/mol. The second-order valence-corrected chi connectivity index (χ2v) is 5.05. The minimum atomic E-state index is 0.718. The summed E-state index contributed by atoms with van der Waals surface area (Å²) in [4.78, 5) is 0. The molecule has 0 amide bonds. The average Bonchev–Trinajstić information content (AvgIpc) is 2.76. The van der Waals surface area contributed by atoms with Crippen molar-refractivity contribution in [3.8, 4) is 0 Å². The SMILES string of the molecule is C=C(C)CCSc1nnnn1CCNCCOC. The smallest absolute Gasteiger partial charge is 0.209 e. The maximum absolute atomic E-state index is 4.96. The van der Waals surface area contributed by atoms with Crippen LogP contribution in [0.2, 0.25) is 0 Å². The Labute approximate surface area is 112 Å². The number of ether oxygens (including phenoxy) is 1. The second-order valence-electron chi connectivity index (χ2n) is 3.98. The van der Waals surface area contributed by atoms with Crippen LogP contribution in [0.15, 0.2) is 17.3 Å². The summed E-state index contributed by atoms with van der Waals surface area (Å²) in [6.45, 7) is 9.08. The van der Waals surface area contributed by atoms with Crippen molar-refractivity contribution in [3.63, 3.8) is 0 Å². The highest BCUT2D eigenvalue weighted by Gasteiger charge is 2.05. The molecule has 1 rings (SSSR count). The molecule has 0 aliphatic rings. The van der Waals surface area contributed by atoms with Gasteiger partial charge in [-0.05, 0) is 23.8 Å². The van der Waals surface area contributed by atoms with Gasteiger partial charge < -0.3 is 10.1 Å². The molecule has 102 valence electrons. The number of hydrogen-bond donors (Lipinski definition) is 1. The molecule has 0 saturated heterocycles. The minimum absolute atomic E-state index is 0.718. The topological polar surface area (TPSA) is 64.9 Å². The maximum Gasteiger partial charge on any atom is 0.209 e. The summed E-state index contributed by atoms with van der Waals surface area (Å²) in [5.74, 6) is 0.965. The van der Waals surface area contributed by atoms with Gasteiger partial charge in [0.2, 0.25) is 5.16 Å². The lowest BCUT2D eigenvalue weighted by molar-refractivity contribution is 0.199. The van der Waals surface area contributed by atoms with Crippen LogP contribution >= 0.6 is 11.8 Å². The Balaban J connectivity index is 2.24. The maximum atomic E-state index is 4.96. The van der Waals surface area contributed by atoms with Gasteiger partial charge in [0, 0.05) is 26.0 Å². The van der Waals surface area contributed by atoms with Crippen molar-refractivity contribution in [2.45, 2.75) is 25.0 Å². The molecule has 6 nitrogen and oxygen atoms in total. The summed E-state index contributed by atoms with van der Waals surface area (Å²) in [5, 5.41) is 15.8. The first kappa shape index (κ1) is 15.1. The van der Waals surface area contributed by atoms with E-state index in [-0.39, 0.29) is 0 Å². The minimum Gasteiger partial charge on any atom is -0.383 e. The summed E-state index contributed by atoms with van der Waals surface area (Å²) in [6.07, 6.45) is 0.990. The molecule has 0 saturated carbocycles. The van der Waals surface area contributed by atoms with Crippen molar-refractivity contribution in [1.29, 1.82) is 0 Å². The summed E-state index contributed by atoms with van der Waals surface area (Å²) < 4.78 is 6.78. The van der Waals surface area contributed by atoms with E-state index in [1.165, 1.54) is 5.57 Å². The summed E-state index contributed by atoms with van der Waals surface area (Å²) in [6, 6.07) is 0. The Morgan fingerprint density at radius 1 is 1.50 bits per heavy atom. The lowest BCUT2D eigenvalue weighted by atomic mass is 10.3. The Kier molecular flexibility index (Phi) is 7.63. The molecule has 1 aromatic heterocycles. The van der Waals surface area contributed by atoms with E-state index in [2.05, 4.69) is 27.4 Å². The van der Waals surface area contributed by atoms with E-state index < -0.39 is 0 Å². The number of nitrogens with zero attached hydrogens (tertiary/aromatic N) is 4. The number of allylic oxidation sites excluding steroid dienone is 1. The molecule has 0 atom stereocenters. The number of methoxy groups -OCH3 is 1. The quantitative estimate of drug-likeness (QED) is 0.388. The van der Waals surface area contributed by atoms with Crippen LogP contribution in [0.5, 0.6) is 0 Å². The van der Waals surface area contributed by atoms with Gasteiger partial charge in [-0.2, -0.15) is 0 Å². The molecule has 0 unspecified atom stereocenters. The number of nitrogens with one attached hydrogen (secondary N) is 1. The lowest BCUT2D eigenvalue weighted by Gasteiger charge is -2.05. The fraction of sp³-hybridized carbons (Fsp3) is 0.727. The van der Waals surface area contributed by atoms with E-state index in [0.29, 0.717) is 0 Å². The molecule has 0 aliphatic carbocycles. The third kappa shape index (κ3) is 6.13. The number of thioether (sulfide) groups is 1. The number of tetrazole rings is 1. The van der Waals surface area contributed by atoms with Crippen LogP contribution in [0.25, 0.3) is 0 Å². The van der Waals surface area contributed by atoms with Crippen molar-refractivity contribution >= 4 is 11.8 Å².